The predicted octanol–water partition coefficient (Wildman–Crippen LogP) is 6.58. The van der Waals surface area contributed by atoms with Crippen molar-refractivity contribution in [3.63, 3.8) is 0 Å². The molecular formula is C25H23CuN3O5S. The van der Waals surface area contributed by atoms with Gasteiger partial charge in [0.2, 0.25) is 0 Å². The van der Waals surface area contributed by atoms with Gasteiger partial charge in [-0.25, -0.2) is 0 Å². The number of rotatable bonds is 5. The molecule has 0 heterocycles. The van der Waals surface area contributed by atoms with Crippen molar-refractivity contribution in [2.75, 3.05) is 5.32 Å². The van der Waals surface area contributed by atoms with Crippen LogP contribution in [0.4, 0.5) is 22.7 Å². The predicted molar refractivity (Wildman–Crippen MR) is 132 cm³/mol. The van der Waals surface area contributed by atoms with Gasteiger partial charge in [0.25, 0.3) is 10.1 Å². The SMILES string of the molecule is Cc1ccc(Nc2ccc3c(O)c(N=Nc4cc(S(=O)(=O)O)cc(C)c4O)c(C)cc3c2)cc1.[Cu]. The Balaban J connectivity index is 0.00000342. The molecular weight excluding hydrogens is 518 g/mol. The number of nitrogens with one attached hydrogen (secondary N) is 1. The Bertz CT molecular complexity index is 1550. The van der Waals surface area contributed by atoms with Crippen LogP contribution >= 0.6 is 0 Å². The third kappa shape index (κ3) is 5.63. The first kappa shape index (κ1) is 26.2. The summed E-state index contributed by atoms with van der Waals surface area (Å²) in [6.45, 7) is 5.26. The van der Waals surface area contributed by atoms with Crippen LogP contribution in [-0.4, -0.2) is 23.2 Å². The molecule has 0 aliphatic rings. The number of nitrogens with zero attached hydrogens (tertiary/aromatic N) is 2. The van der Waals surface area contributed by atoms with E-state index in [9.17, 15) is 23.2 Å². The molecule has 0 spiro atoms. The van der Waals surface area contributed by atoms with E-state index in [2.05, 4.69) is 15.5 Å². The topological polar surface area (TPSA) is 132 Å². The average Bonchev–Trinajstić information content (AvgIpc) is 2.77. The van der Waals surface area contributed by atoms with Crippen molar-refractivity contribution in [2.45, 2.75) is 25.7 Å². The summed E-state index contributed by atoms with van der Waals surface area (Å²) in [5.41, 5.74) is 3.83. The minimum absolute atomic E-state index is 0. The van der Waals surface area contributed by atoms with E-state index >= 15 is 0 Å². The maximum absolute atomic E-state index is 11.5. The van der Waals surface area contributed by atoms with Crippen molar-refractivity contribution in [3.8, 4) is 11.5 Å². The number of phenols is 2. The quantitative estimate of drug-likeness (QED) is 0.128. The van der Waals surface area contributed by atoms with Gasteiger partial charge in [-0.15, -0.1) is 10.2 Å². The van der Waals surface area contributed by atoms with E-state index in [-0.39, 0.29) is 45.5 Å². The molecule has 10 heteroatoms. The summed E-state index contributed by atoms with van der Waals surface area (Å²) in [4.78, 5) is -0.412. The third-order valence-corrected chi connectivity index (χ3v) is 6.26. The fourth-order valence-electron chi connectivity index (χ4n) is 3.58. The summed E-state index contributed by atoms with van der Waals surface area (Å²) in [6, 6.07) is 17.5. The van der Waals surface area contributed by atoms with Crippen molar-refractivity contribution in [1.82, 2.24) is 0 Å². The van der Waals surface area contributed by atoms with E-state index in [0.717, 1.165) is 28.9 Å². The van der Waals surface area contributed by atoms with E-state index in [0.29, 0.717) is 10.9 Å². The van der Waals surface area contributed by atoms with E-state index in [4.69, 9.17) is 0 Å². The summed E-state index contributed by atoms with van der Waals surface area (Å²) in [5, 5.41) is 33.8. The number of hydrogen-bond acceptors (Lipinski definition) is 7. The molecule has 0 unspecified atom stereocenters. The van der Waals surface area contributed by atoms with Gasteiger partial charge in [0, 0.05) is 33.8 Å². The minimum atomic E-state index is -4.49. The second kappa shape index (κ2) is 10.1. The van der Waals surface area contributed by atoms with E-state index in [1.165, 1.54) is 12.5 Å². The van der Waals surface area contributed by atoms with Gasteiger partial charge < -0.3 is 15.5 Å². The maximum Gasteiger partial charge on any atom is 0.294 e. The van der Waals surface area contributed by atoms with Crippen molar-refractivity contribution >= 4 is 43.6 Å². The smallest absolute Gasteiger partial charge is 0.294 e. The molecule has 1 radical (unpaired) electrons. The number of hydrogen-bond donors (Lipinski definition) is 4. The molecule has 35 heavy (non-hydrogen) atoms. The van der Waals surface area contributed by atoms with Gasteiger partial charge in [-0.1, -0.05) is 17.7 Å². The Kier molecular flexibility index (Phi) is 7.52. The number of phenolic OH excluding ortho intramolecular Hbond substituents is 2. The van der Waals surface area contributed by atoms with Crippen molar-refractivity contribution in [1.29, 1.82) is 0 Å². The van der Waals surface area contributed by atoms with E-state index in [1.807, 2.05) is 49.4 Å². The fraction of sp³-hybridized carbons (Fsp3) is 0.120. The fourth-order valence-corrected chi connectivity index (χ4v) is 4.17. The molecule has 4 N–H and O–H groups in total. The Morgan fingerprint density at radius 1 is 0.771 bits per heavy atom. The van der Waals surface area contributed by atoms with Gasteiger partial charge in [-0.2, -0.15) is 8.42 Å². The van der Waals surface area contributed by atoms with Crippen LogP contribution in [0.1, 0.15) is 16.7 Å². The molecule has 185 valence electrons. The average molecular weight is 541 g/mol. The molecule has 0 aliphatic heterocycles. The molecule has 4 aromatic carbocycles. The van der Waals surface area contributed by atoms with Crippen LogP contribution in [0, 0.1) is 20.8 Å². The normalized spacial score (nSPS) is 11.5. The molecule has 0 saturated heterocycles. The molecule has 0 aliphatic carbocycles. The number of fused-ring (bicyclic) bond motifs is 1. The van der Waals surface area contributed by atoms with Gasteiger partial charge in [0.1, 0.15) is 17.1 Å². The second-order valence-corrected chi connectivity index (χ2v) is 9.52. The summed E-state index contributed by atoms with van der Waals surface area (Å²) >= 11 is 0. The Morgan fingerprint density at radius 3 is 2.09 bits per heavy atom. The molecule has 0 fully saturated rings. The van der Waals surface area contributed by atoms with Gasteiger partial charge >= 0.3 is 0 Å². The molecule has 0 bridgehead atoms. The van der Waals surface area contributed by atoms with Gasteiger partial charge in [-0.3, -0.25) is 4.55 Å². The van der Waals surface area contributed by atoms with Crippen LogP contribution in [0.15, 0.2) is 75.8 Å². The van der Waals surface area contributed by atoms with Crippen LogP contribution in [-0.2, 0) is 27.2 Å². The molecule has 4 aromatic rings. The molecule has 0 saturated carbocycles. The number of aromatic hydroxyl groups is 2. The zero-order chi connectivity index (χ0) is 24.6. The molecule has 0 atom stereocenters. The summed E-state index contributed by atoms with van der Waals surface area (Å²) < 4.78 is 32.3. The first-order valence-electron chi connectivity index (χ1n) is 10.4. The van der Waals surface area contributed by atoms with Gasteiger partial charge in [0.15, 0.2) is 5.75 Å². The van der Waals surface area contributed by atoms with E-state index in [1.54, 1.807) is 13.0 Å². The summed E-state index contributed by atoms with van der Waals surface area (Å²) in [6.07, 6.45) is 0. The number of azo groups is 1. The van der Waals surface area contributed by atoms with Crippen molar-refractivity contribution in [2.24, 2.45) is 10.2 Å². The number of benzene rings is 4. The van der Waals surface area contributed by atoms with Crippen molar-refractivity contribution < 1.29 is 40.3 Å². The zero-order valence-electron chi connectivity index (χ0n) is 19.0. The first-order valence-corrected chi connectivity index (χ1v) is 11.8. The van der Waals surface area contributed by atoms with Crippen molar-refractivity contribution in [3.05, 3.63) is 77.4 Å². The van der Waals surface area contributed by atoms with Crippen LogP contribution in [0.5, 0.6) is 11.5 Å². The number of aryl methyl sites for hydroxylation is 3. The second-order valence-electron chi connectivity index (χ2n) is 8.10. The zero-order valence-corrected chi connectivity index (χ0v) is 20.8. The van der Waals surface area contributed by atoms with Crippen LogP contribution < -0.4 is 5.32 Å². The van der Waals surface area contributed by atoms with Gasteiger partial charge in [0.05, 0.1) is 4.90 Å². The molecule has 8 nitrogen and oxygen atoms in total. The van der Waals surface area contributed by atoms with Crippen LogP contribution in [0.25, 0.3) is 10.8 Å². The standard InChI is InChI=1S/C25H23N3O5S.Cu/c1-14-4-6-18(7-5-14)26-19-8-9-21-17(12-19)10-15(2)23(25(21)30)28-27-22-13-20(34(31,32)33)11-16(3)24(22)29;/h4-13,26,29-30H,1-3H3,(H,31,32,33);. The van der Waals surface area contributed by atoms with Crippen LogP contribution in [0.2, 0.25) is 0 Å². The summed E-state index contributed by atoms with van der Waals surface area (Å²) in [5.74, 6) is -0.372. The minimum Gasteiger partial charge on any atom is -0.505 e. The Morgan fingerprint density at radius 2 is 1.43 bits per heavy atom. The van der Waals surface area contributed by atoms with Crippen LogP contribution in [0.3, 0.4) is 0 Å². The monoisotopic (exact) mass is 540 g/mol. The summed E-state index contributed by atoms with van der Waals surface area (Å²) in [7, 11) is -4.49. The Labute approximate surface area is 213 Å². The Hall–Kier alpha value is -3.43. The third-order valence-electron chi connectivity index (χ3n) is 5.43. The van der Waals surface area contributed by atoms with E-state index < -0.39 is 15.0 Å². The number of anilines is 2. The van der Waals surface area contributed by atoms with Gasteiger partial charge in [-0.05, 0) is 85.8 Å². The molecule has 0 amide bonds. The largest absolute Gasteiger partial charge is 0.505 e. The first-order chi connectivity index (χ1) is 16.0. The molecule has 4 rings (SSSR count). The maximum atomic E-state index is 11.5. The molecule has 0 aromatic heterocycles.